The van der Waals surface area contributed by atoms with Crippen LogP contribution in [0.4, 0.5) is 0 Å². The van der Waals surface area contributed by atoms with Crippen molar-refractivity contribution < 1.29 is 18.7 Å². The van der Waals surface area contributed by atoms with Crippen LogP contribution in [0, 0.1) is 13.8 Å². The number of hydrogen-bond donors (Lipinski definition) is 1. The fourth-order valence-electron chi connectivity index (χ4n) is 3.76. The third kappa shape index (κ3) is 3.22. The van der Waals surface area contributed by atoms with Crippen molar-refractivity contribution in [1.82, 2.24) is 5.32 Å². The van der Waals surface area contributed by atoms with E-state index in [4.69, 9.17) is 13.9 Å². The largest absolute Gasteiger partial charge is 0.490 e. The summed E-state index contributed by atoms with van der Waals surface area (Å²) in [6.07, 6.45) is 0.881. The fourth-order valence-corrected chi connectivity index (χ4v) is 3.76. The minimum absolute atomic E-state index is 0.0791. The van der Waals surface area contributed by atoms with Gasteiger partial charge in [0.25, 0.3) is 5.91 Å². The first-order chi connectivity index (χ1) is 14.5. The molecule has 1 aliphatic rings. The van der Waals surface area contributed by atoms with Crippen LogP contribution in [0.1, 0.15) is 59.1 Å². The van der Waals surface area contributed by atoms with Gasteiger partial charge in [-0.25, -0.2) is 0 Å². The molecule has 0 aliphatic carbocycles. The van der Waals surface area contributed by atoms with E-state index in [0.29, 0.717) is 41.2 Å². The first-order valence-electron chi connectivity index (χ1n) is 10.2. The summed E-state index contributed by atoms with van der Waals surface area (Å²) in [5.74, 6) is 0.918. The lowest BCUT2D eigenvalue weighted by atomic mass is 9.97. The Labute approximate surface area is 174 Å². The lowest BCUT2D eigenvalue weighted by Crippen LogP contribution is -2.22. The zero-order chi connectivity index (χ0) is 21.4. The Kier molecular flexibility index (Phi) is 5.24. The number of carbonyl (C=O) groups excluding carboxylic acids is 1. The summed E-state index contributed by atoms with van der Waals surface area (Å²) in [7, 11) is 0. The summed E-state index contributed by atoms with van der Waals surface area (Å²) < 4.78 is 17.4. The summed E-state index contributed by atoms with van der Waals surface area (Å²) >= 11 is 0. The van der Waals surface area contributed by atoms with Crippen molar-refractivity contribution >= 4 is 16.9 Å². The molecule has 0 bridgehead atoms. The smallest absolute Gasteiger partial charge is 0.288 e. The number of ether oxygens (including phenoxy) is 2. The second kappa shape index (κ2) is 7.86. The average Bonchev–Trinajstić information content (AvgIpc) is 3.07. The predicted molar refractivity (Wildman–Crippen MR) is 115 cm³/mol. The van der Waals surface area contributed by atoms with E-state index in [2.05, 4.69) is 5.32 Å². The molecule has 0 saturated heterocycles. The van der Waals surface area contributed by atoms with Gasteiger partial charge in [0.05, 0.1) is 30.2 Å². The second-order valence-electron chi connectivity index (χ2n) is 7.45. The normalized spacial score (nSPS) is 15.2. The molecule has 156 valence electrons. The molecule has 6 nitrogen and oxygen atoms in total. The fraction of sp³-hybridized carbons (Fsp3) is 0.333. The number of aryl methyl sites for hydroxylation is 2. The highest BCUT2D eigenvalue weighted by Gasteiger charge is 2.36. The van der Waals surface area contributed by atoms with Gasteiger partial charge >= 0.3 is 0 Å². The number of hydrogen-bond acceptors (Lipinski definition) is 5. The zero-order valence-corrected chi connectivity index (χ0v) is 17.6. The van der Waals surface area contributed by atoms with E-state index in [0.717, 1.165) is 23.1 Å². The zero-order valence-electron chi connectivity index (χ0n) is 17.6. The Balaban J connectivity index is 1.85. The van der Waals surface area contributed by atoms with Gasteiger partial charge in [-0.15, -0.1) is 0 Å². The second-order valence-corrected chi connectivity index (χ2v) is 7.45. The SMILES string of the molecule is CCCOc1ccc(C2NC(=O)c3oc4c(C)c(C)ccc4c(=O)c32)cc1OCC. The van der Waals surface area contributed by atoms with Crippen molar-refractivity contribution in [2.45, 2.75) is 40.2 Å². The summed E-state index contributed by atoms with van der Waals surface area (Å²) in [5, 5.41) is 3.37. The Morgan fingerprint density at radius 1 is 1.03 bits per heavy atom. The van der Waals surface area contributed by atoms with Crippen LogP contribution >= 0.6 is 0 Å². The van der Waals surface area contributed by atoms with E-state index < -0.39 is 6.04 Å². The molecule has 1 amide bonds. The van der Waals surface area contributed by atoms with Crippen molar-refractivity contribution in [1.29, 1.82) is 0 Å². The van der Waals surface area contributed by atoms with Crippen LogP contribution in [0.2, 0.25) is 0 Å². The van der Waals surface area contributed by atoms with Crippen LogP contribution in [-0.2, 0) is 0 Å². The highest BCUT2D eigenvalue weighted by atomic mass is 16.5. The quantitative estimate of drug-likeness (QED) is 0.654. The highest BCUT2D eigenvalue weighted by Crippen LogP contribution is 2.36. The summed E-state index contributed by atoms with van der Waals surface area (Å²) in [5.41, 5.74) is 3.21. The number of nitrogens with one attached hydrogen (secondary N) is 1. The van der Waals surface area contributed by atoms with Gasteiger partial charge in [0, 0.05) is 0 Å². The van der Waals surface area contributed by atoms with Crippen molar-refractivity contribution in [3.05, 3.63) is 68.6 Å². The number of rotatable bonds is 6. The van der Waals surface area contributed by atoms with Gasteiger partial charge in [-0.3, -0.25) is 9.59 Å². The first kappa shape index (κ1) is 20.0. The Hall–Kier alpha value is -3.28. The molecule has 0 saturated carbocycles. The van der Waals surface area contributed by atoms with Gasteiger partial charge in [-0.1, -0.05) is 19.1 Å². The molecule has 2 aromatic carbocycles. The van der Waals surface area contributed by atoms with Crippen LogP contribution < -0.4 is 20.2 Å². The van der Waals surface area contributed by atoms with Gasteiger partial charge < -0.3 is 19.2 Å². The summed E-state index contributed by atoms with van der Waals surface area (Å²) in [6.45, 7) is 8.82. The third-order valence-corrected chi connectivity index (χ3v) is 5.45. The van der Waals surface area contributed by atoms with Crippen molar-refractivity contribution in [2.24, 2.45) is 0 Å². The van der Waals surface area contributed by atoms with E-state index in [-0.39, 0.29) is 17.1 Å². The maximum atomic E-state index is 13.3. The molecule has 30 heavy (non-hydrogen) atoms. The molecule has 1 aliphatic heterocycles. The number of fused-ring (bicyclic) bond motifs is 2. The maximum Gasteiger partial charge on any atom is 0.288 e. The molecule has 6 heteroatoms. The van der Waals surface area contributed by atoms with Crippen LogP contribution in [0.5, 0.6) is 11.5 Å². The van der Waals surface area contributed by atoms with Crippen LogP contribution in [0.25, 0.3) is 11.0 Å². The molecule has 0 radical (unpaired) electrons. The summed E-state index contributed by atoms with van der Waals surface area (Å²) in [4.78, 5) is 26.0. The van der Waals surface area contributed by atoms with Gasteiger partial charge in [0.2, 0.25) is 5.76 Å². The van der Waals surface area contributed by atoms with Crippen molar-refractivity contribution in [3.8, 4) is 11.5 Å². The molecular formula is C24H25NO5. The van der Waals surface area contributed by atoms with Crippen LogP contribution in [-0.4, -0.2) is 19.1 Å². The molecule has 0 fully saturated rings. The molecule has 3 aromatic rings. The minimum Gasteiger partial charge on any atom is -0.490 e. The Morgan fingerprint density at radius 3 is 2.57 bits per heavy atom. The third-order valence-electron chi connectivity index (χ3n) is 5.45. The maximum absolute atomic E-state index is 13.3. The standard InChI is InChI=1S/C24H25NO5/c1-5-11-29-17-10-8-15(12-18(17)28-6-2)20-19-21(26)16-9-7-13(3)14(4)22(16)30-23(19)24(27)25-20/h7-10,12,20H,5-6,11H2,1-4H3,(H,25,27). The van der Waals surface area contributed by atoms with Crippen molar-refractivity contribution in [3.63, 3.8) is 0 Å². The van der Waals surface area contributed by atoms with E-state index in [9.17, 15) is 9.59 Å². The van der Waals surface area contributed by atoms with E-state index in [1.807, 2.05) is 52.0 Å². The lowest BCUT2D eigenvalue weighted by molar-refractivity contribution is 0.0937. The Bertz CT molecular complexity index is 1190. The van der Waals surface area contributed by atoms with Gasteiger partial charge in [-0.05, 0) is 62.1 Å². The Morgan fingerprint density at radius 2 is 1.83 bits per heavy atom. The molecular weight excluding hydrogens is 382 g/mol. The van der Waals surface area contributed by atoms with E-state index in [1.165, 1.54) is 0 Å². The first-order valence-corrected chi connectivity index (χ1v) is 10.2. The lowest BCUT2D eigenvalue weighted by Gasteiger charge is -2.16. The topological polar surface area (TPSA) is 77.8 Å². The molecule has 1 unspecified atom stereocenters. The molecule has 1 aromatic heterocycles. The van der Waals surface area contributed by atoms with E-state index >= 15 is 0 Å². The monoisotopic (exact) mass is 407 g/mol. The molecule has 2 heterocycles. The molecule has 0 spiro atoms. The van der Waals surface area contributed by atoms with Crippen LogP contribution in [0.15, 0.2) is 39.5 Å². The highest BCUT2D eigenvalue weighted by molar-refractivity contribution is 5.99. The van der Waals surface area contributed by atoms with Crippen LogP contribution in [0.3, 0.4) is 0 Å². The summed E-state index contributed by atoms with van der Waals surface area (Å²) in [6, 6.07) is 8.53. The molecule has 1 N–H and O–H groups in total. The number of benzene rings is 2. The van der Waals surface area contributed by atoms with Gasteiger partial charge in [0.1, 0.15) is 5.58 Å². The number of carbonyl (C=O) groups is 1. The predicted octanol–water partition coefficient (Wildman–Crippen LogP) is 4.43. The van der Waals surface area contributed by atoms with Crippen molar-refractivity contribution in [2.75, 3.05) is 13.2 Å². The van der Waals surface area contributed by atoms with Gasteiger partial charge in [0.15, 0.2) is 16.9 Å². The molecule has 4 rings (SSSR count). The average molecular weight is 407 g/mol. The minimum atomic E-state index is -0.603. The van der Waals surface area contributed by atoms with Gasteiger partial charge in [-0.2, -0.15) is 0 Å². The number of amides is 1. The van der Waals surface area contributed by atoms with E-state index in [1.54, 1.807) is 6.07 Å². The molecule has 1 atom stereocenters.